The highest BCUT2D eigenvalue weighted by Gasteiger charge is 2.14. The minimum atomic E-state index is -0.299. The van der Waals surface area contributed by atoms with Gasteiger partial charge in [-0.15, -0.1) is 0 Å². The summed E-state index contributed by atoms with van der Waals surface area (Å²) in [5, 5.41) is 10.7. The number of ether oxygens (including phenoxy) is 1. The van der Waals surface area contributed by atoms with E-state index in [9.17, 15) is 10.1 Å². The predicted molar refractivity (Wildman–Crippen MR) is 55.6 cm³/mol. The molecule has 0 aliphatic rings. The van der Waals surface area contributed by atoms with E-state index >= 15 is 0 Å². The maximum Gasteiger partial charge on any atom is 0.242 e. The van der Waals surface area contributed by atoms with Gasteiger partial charge in [-0.25, -0.2) is 0 Å². The predicted octanol–water partition coefficient (Wildman–Crippen LogP) is 2.48. The van der Waals surface area contributed by atoms with E-state index < -0.39 is 0 Å². The van der Waals surface area contributed by atoms with Crippen LogP contribution in [0.25, 0.3) is 0 Å². The third-order valence-electron chi connectivity index (χ3n) is 1.76. The molecule has 82 valence electrons. The molecular weight excluding hydrogens is 182 g/mol. The Morgan fingerprint density at radius 1 is 1.50 bits per heavy atom. The van der Waals surface area contributed by atoms with Gasteiger partial charge in [0, 0.05) is 19.4 Å². The lowest BCUT2D eigenvalue weighted by molar-refractivity contribution is -0.429. The number of hydrogen-bond donors (Lipinski definition) is 0. The van der Waals surface area contributed by atoms with Crippen LogP contribution < -0.4 is 0 Å². The fourth-order valence-corrected chi connectivity index (χ4v) is 1.26. The van der Waals surface area contributed by atoms with Crippen LogP contribution in [0, 0.1) is 22.0 Å². The zero-order valence-electron chi connectivity index (χ0n) is 9.32. The highest BCUT2D eigenvalue weighted by atomic mass is 16.6. The standard InChI is InChI=1S/C10H19NO3/c1-8(2)5-10(11(12)13)6-9(3)7-14-4/h6,8-9H,5,7H2,1-4H3/b10-6-. The Bertz CT molecular complexity index is 211. The van der Waals surface area contributed by atoms with Gasteiger partial charge in [-0.05, 0) is 12.0 Å². The molecule has 0 radical (unpaired) electrons. The molecule has 4 heteroatoms. The summed E-state index contributed by atoms with van der Waals surface area (Å²) >= 11 is 0. The van der Waals surface area contributed by atoms with Crippen LogP contribution in [0.3, 0.4) is 0 Å². The Kier molecular flexibility index (Phi) is 6.12. The number of methoxy groups -OCH3 is 1. The van der Waals surface area contributed by atoms with Crippen LogP contribution in [0.1, 0.15) is 27.2 Å². The average molecular weight is 201 g/mol. The molecule has 0 aromatic heterocycles. The van der Waals surface area contributed by atoms with Crippen molar-refractivity contribution in [1.29, 1.82) is 0 Å². The van der Waals surface area contributed by atoms with Crippen molar-refractivity contribution < 1.29 is 9.66 Å². The van der Waals surface area contributed by atoms with Crippen molar-refractivity contribution >= 4 is 0 Å². The molecule has 0 amide bonds. The highest BCUT2D eigenvalue weighted by Crippen LogP contribution is 2.14. The van der Waals surface area contributed by atoms with E-state index in [2.05, 4.69) is 0 Å². The van der Waals surface area contributed by atoms with Crippen LogP contribution in [-0.4, -0.2) is 18.6 Å². The van der Waals surface area contributed by atoms with Crippen molar-refractivity contribution in [3.8, 4) is 0 Å². The minimum absolute atomic E-state index is 0.0964. The number of nitro groups is 1. The quantitative estimate of drug-likeness (QED) is 0.490. The van der Waals surface area contributed by atoms with Crippen LogP contribution in [-0.2, 0) is 4.74 Å². The molecule has 0 saturated heterocycles. The molecule has 0 fully saturated rings. The molecule has 0 aliphatic heterocycles. The smallest absolute Gasteiger partial charge is 0.242 e. The number of hydrogen-bond acceptors (Lipinski definition) is 3. The van der Waals surface area contributed by atoms with Crippen molar-refractivity contribution in [2.24, 2.45) is 11.8 Å². The highest BCUT2D eigenvalue weighted by molar-refractivity contribution is 4.95. The van der Waals surface area contributed by atoms with Gasteiger partial charge in [-0.3, -0.25) is 10.1 Å². The van der Waals surface area contributed by atoms with E-state index in [-0.39, 0.29) is 10.8 Å². The molecule has 1 atom stereocenters. The van der Waals surface area contributed by atoms with E-state index in [1.807, 2.05) is 20.8 Å². The molecule has 0 bridgehead atoms. The van der Waals surface area contributed by atoms with Gasteiger partial charge in [0.15, 0.2) is 0 Å². The van der Waals surface area contributed by atoms with Gasteiger partial charge in [0.05, 0.1) is 11.5 Å². The molecule has 0 aromatic rings. The van der Waals surface area contributed by atoms with Crippen molar-refractivity contribution in [3.05, 3.63) is 21.9 Å². The van der Waals surface area contributed by atoms with E-state index in [1.165, 1.54) is 0 Å². The molecule has 0 rings (SSSR count). The van der Waals surface area contributed by atoms with E-state index in [4.69, 9.17) is 4.74 Å². The first-order chi connectivity index (χ1) is 6.47. The minimum Gasteiger partial charge on any atom is -0.384 e. The Hall–Kier alpha value is -0.900. The summed E-state index contributed by atoms with van der Waals surface area (Å²) in [6.45, 7) is 6.37. The molecule has 0 spiro atoms. The van der Waals surface area contributed by atoms with Crippen LogP contribution in [0.15, 0.2) is 11.8 Å². The molecule has 0 N–H and O–H groups in total. The van der Waals surface area contributed by atoms with Gasteiger partial charge in [-0.2, -0.15) is 0 Å². The van der Waals surface area contributed by atoms with Crippen LogP contribution in [0.5, 0.6) is 0 Å². The maximum atomic E-state index is 10.7. The average Bonchev–Trinajstić information content (AvgIpc) is 2.02. The Labute approximate surface area is 85.1 Å². The maximum absolute atomic E-state index is 10.7. The second kappa shape index (κ2) is 6.54. The van der Waals surface area contributed by atoms with E-state index in [1.54, 1.807) is 13.2 Å². The molecule has 0 heterocycles. The third-order valence-corrected chi connectivity index (χ3v) is 1.76. The second-order valence-electron chi connectivity index (χ2n) is 3.95. The first-order valence-corrected chi connectivity index (χ1v) is 4.81. The normalized spacial score (nSPS) is 14.5. The van der Waals surface area contributed by atoms with Crippen molar-refractivity contribution in [2.75, 3.05) is 13.7 Å². The lowest BCUT2D eigenvalue weighted by Crippen LogP contribution is -2.07. The summed E-state index contributed by atoms with van der Waals surface area (Å²) in [4.78, 5) is 10.4. The van der Waals surface area contributed by atoms with Gasteiger partial charge in [0.1, 0.15) is 0 Å². The van der Waals surface area contributed by atoms with E-state index in [0.29, 0.717) is 24.6 Å². The Morgan fingerprint density at radius 3 is 2.43 bits per heavy atom. The summed E-state index contributed by atoms with van der Waals surface area (Å²) in [6.07, 6.45) is 2.20. The Morgan fingerprint density at radius 2 is 2.07 bits per heavy atom. The lowest BCUT2D eigenvalue weighted by atomic mass is 10.0. The monoisotopic (exact) mass is 201 g/mol. The summed E-state index contributed by atoms with van der Waals surface area (Å²) in [5.41, 5.74) is 0.296. The summed E-state index contributed by atoms with van der Waals surface area (Å²) in [5.74, 6) is 0.403. The second-order valence-corrected chi connectivity index (χ2v) is 3.95. The van der Waals surface area contributed by atoms with Crippen molar-refractivity contribution in [2.45, 2.75) is 27.2 Å². The number of rotatable bonds is 6. The zero-order valence-corrected chi connectivity index (χ0v) is 9.32. The van der Waals surface area contributed by atoms with Crippen LogP contribution >= 0.6 is 0 Å². The van der Waals surface area contributed by atoms with Crippen LogP contribution in [0.2, 0.25) is 0 Å². The van der Waals surface area contributed by atoms with Gasteiger partial charge in [0.2, 0.25) is 5.70 Å². The molecule has 0 saturated carbocycles. The van der Waals surface area contributed by atoms with Crippen molar-refractivity contribution in [3.63, 3.8) is 0 Å². The number of allylic oxidation sites excluding steroid dienone is 1. The molecule has 0 aromatic carbocycles. The Balaban J connectivity index is 4.39. The van der Waals surface area contributed by atoms with Gasteiger partial charge in [-0.1, -0.05) is 20.8 Å². The summed E-state index contributed by atoms with van der Waals surface area (Å²) < 4.78 is 4.92. The van der Waals surface area contributed by atoms with Gasteiger partial charge < -0.3 is 4.74 Å². The fraction of sp³-hybridized carbons (Fsp3) is 0.800. The van der Waals surface area contributed by atoms with Crippen molar-refractivity contribution in [1.82, 2.24) is 0 Å². The molecule has 0 aliphatic carbocycles. The summed E-state index contributed by atoms with van der Waals surface area (Å²) in [7, 11) is 1.60. The van der Waals surface area contributed by atoms with Gasteiger partial charge in [0.25, 0.3) is 0 Å². The SMILES string of the molecule is COCC(C)/C=C(/CC(C)C)[N+](=O)[O-]. The first kappa shape index (κ1) is 13.1. The van der Waals surface area contributed by atoms with E-state index in [0.717, 1.165) is 0 Å². The van der Waals surface area contributed by atoms with Crippen LogP contribution in [0.4, 0.5) is 0 Å². The lowest BCUT2D eigenvalue weighted by Gasteiger charge is -2.06. The molecular formula is C10H19NO3. The third kappa shape index (κ3) is 5.70. The molecule has 14 heavy (non-hydrogen) atoms. The zero-order chi connectivity index (χ0) is 11.1. The van der Waals surface area contributed by atoms with Gasteiger partial charge >= 0.3 is 0 Å². The largest absolute Gasteiger partial charge is 0.384 e. The molecule has 4 nitrogen and oxygen atoms in total. The topological polar surface area (TPSA) is 52.4 Å². The summed E-state index contributed by atoms with van der Waals surface area (Å²) in [6, 6.07) is 0. The fourth-order valence-electron chi connectivity index (χ4n) is 1.26. The molecule has 1 unspecified atom stereocenters. The first-order valence-electron chi connectivity index (χ1n) is 4.81. The number of nitrogens with zero attached hydrogens (tertiary/aromatic N) is 1.